The fourth-order valence-electron chi connectivity index (χ4n) is 2.81. The third-order valence-corrected chi connectivity index (χ3v) is 7.15. The highest BCUT2D eigenvalue weighted by molar-refractivity contribution is 7.99. The third kappa shape index (κ3) is 5.11. The number of aryl methyl sites for hydroxylation is 1. The van der Waals surface area contributed by atoms with Crippen LogP contribution in [0.2, 0.25) is 0 Å². The van der Waals surface area contributed by atoms with E-state index in [1.54, 1.807) is 13.8 Å². The minimum atomic E-state index is -2.54. The predicted octanol–water partition coefficient (Wildman–Crippen LogP) is 4.64. The monoisotopic (exact) mass is 439 g/mol. The van der Waals surface area contributed by atoms with Crippen molar-refractivity contribution in [1.82, 2.24) is 9.97 Å². The van der Waals surface area contributed by atoms with Gasteiger partial charge in [-0.2, -0.15) is 11.8 Å². The maximum Gasteiger partial charge on any atom is 0.252 e. The number of amides is 1. The van der Waals surface area contributed by atoms with Crippen LogP contribution in [0.4, 0.5) is 18.2 Å². The summed E-state index contributed by atoms with van der Waals surface area (Å²) in [4.78, 5) is 22.7. The molecule has 4 nitrogen and oxygen atoms in total. The summed E-state index contributed by atoms with van der Waals surface area (Å²) in [5, 5.41) is 1.13. The Kier molecular flexibility index (Phi) is 6.54. The number of alkyl halides is 2. The van der Waals surface area contributed by atoms with Crippen LogP contribution in [-0.4, -0.2) is 39.8 Å². The molecule has 2 heterocycles. The van der Waals surface area contributed by atoms with Crippen LogP contribution in [0.1, 0.15) is 19.0 Å². The van der Waals surface area contributed by atoms with Crippen molar-refractivity contribution < 1.29 is 18.0 Å². The first-order chi connectivity index (χ1) is 13.7. The van der Waals surface area contributed by atoms with Crippen LogP contribution in [0.15, 0.2) is 18.5 Å². The number of nitrogens with zero attached hydrogens (tertiary/aromatic N) is 3. The lowest BCUT2D eigenvalue weighted by Gasteiger charge is -2.22. The number of aromatic nitrogens is 2. The zero-order valence-electron chi connectivity index (χ0n) is 16.0. The average Bonchev–Trinajstić information content (AvgIpc) is 3.09. The SMILES string of the molecule is C#CCN(C(=O)C(C)CSCC1CC1(F)F)c1sc(-c2cncc(F)c2)nc1C. The second kappa shape index (κ2) is 8.76. The minimum absolute atomic E-state index is 0.0662. The lowest BCUT2D eigenvalue weighted by Crippen LogP contribution is -2.36. The van der Waals surface area contributed by atoms with Gasteiger partial charge in [-0.15, -0.1) is 6.42 Å². The highest BCUT2D eigenvalue weighted by Crippen LogP contribution is 2.50. The first-order valence-corrected chi connectivity index (χ1v) is 11.0. The van der Waals surface area contributed by atoms with Gasteiger partial charge in [0.15, 0.2) is 0 Å². The van der Waals surface area contributed by atoms with E-state index in [2.05, 4.69) is 15.9 Å². The zero-order valence-corrected chi connectivity index (χ0v) is 17.6. The first-order valence-electron chi connectivity index (χ1n) is 9.01. The van der Waals surface area contributed by atoms with Gasteiger partial charge in [0, 0.05) is 41.5 Å². The van der Waals surface area contributed by atoms with Crippen LogP contribution in [0.5, 0.6) is 0 Å². The van der Waals surface area contributed by atoms with Gasteiger partial charge >= 0.3 is 0 Å². The van der Waals surface area contributed by atoms with Crippen LogP contribution in [0.25, 0.3) is 10.6 Å². The van der Waals surface area contributed by atoms with Gasteiger partial charge in [-0.3, -0.25) is 14.7 Å². The molecule has 0 radical (unpaired) electrons. The van der Waals surface area contributed by atoms with Gasteiger partial charge in [0.05, 0.1) is 18.4 Å². The molecule has 1 amide bonds. The molecule has 1 fully saturated rings. The number of terminal acetylenes is 1. The molecule has 0 saturated heterocycles. The molecule has 2 aromatic heterocycles. The van der Waals surface area contributed by atoms with E-state index in [0.717, 1.165) is 6.20 Å². The third-order valence-electron chi connectivity index (χ3n) is 4.55. The molecule has 154 valence electrons. The van der Waals surface area contributed by atoms with Crippen molar-refractivity contribution in [2.45, 2.75) is 26.2 Å². The number of anilines is 1. The molecule has 0 aliphatic heterocycles. The number of pyridine rings is 1. The fourth-order valence-corrected chi connectivity index (χ4v) is 5.14. The number of rotatable bonds is 8. The van der Waals surface area contributed by atoms with Crippen LogP contribution < -0.4 is 4.90 Å². The van der Waals surface area contributed by atoms with Gasteiger partial charge in [0.25, 0.3) is 5.92 Å². The molecule has 0 spiro atoms. The van der Waals surface area contributed by atoms with Crippen molar-refractivity contribution in [3.05, 3.63) is 30.0 Å². The van der Waals surface area contributed by atoms with Crippen molar-refractivity contribution in [2.24, 2.45) is 11.8 Å². The van der Waals surface area contributed by atoms with Gasteiger partial charge in [-0.25, -0.2) is 18.2 Å². The summed E-state index contributed by atoms with van der Waals surface area (Å²) in [6, 6.07) is 1.33. The Balaban J connectivity index is 1.71. The van der Waals surface area contributed by atoms with Crippen molar-refractivity contribution in [3.63, 3.8) is 0 Å². The molecule has 0 aromatic carbocycles. The quantitative estimate of drug-likeness (QED) is 0.562. The molecule has 1 aliphatic rings. The number of carbonyl (C=O) groups is 1. The summed E-state index contributed by atoms with van der Waals surface area (Å²) in [6.45, 7) is 3.59. The number of hydrogen-bond acceptors (Lipinski definition) is 5. The summed E-state index contributed by atoms with van der Waals surface area (Å²) >= 11 is 2.60. The molecule has 0 bridgehead atoms. The summed E-state index contributed by atoms with van der Waals surface area (Å²) in [5.41, 5.74) is 1.13. The number of thioether (sulfide) groups is 1. The minimum Gasteiger partial charge on any atom is -0.290 e. The van der Waals surface area contributed by atoms with Gasteiger partial charge < -0.3 is 0 Å². The summed E-state index contributed by atoms with van der Waals surface area (Å²) in [5.74, 6) is -0.904. The van der Waals surface area contributed by atoms with Crippen LogP contribution in [-0.2, 0) is 4.79 Å². The second-order valence-electron chi connectivity index (χ2n) is 7.03. The van der Waals surface area contributed by atoms with Crippen LogP contribution in [0, 0.1) is 36.9 Å². The van der Waals surface area contributed by atoms with Crippen molar-refractivity contribution >= 4 is 34.0 Å². The smallest absolute Gasteiger partial charge is 0.252 e. The maximum absolute atomic E-state index is 13.5. The van der Waals surface area contributed by atoms with E-state index < -0.39 is 17.7 Å². The molecule has 29 heavy (non-hydrogen) atoms. The van der Waals surface area contributed by atoms with Gasteiger partial charge in [-0.1, -0.05) is 24.2 Å². The molecule has 1 aliphatic carbocycles. The fraction of sp³-hybridized carbons (Fsp3) is 0.450. The van der Waals surface area contributed by atoms with E-state index in [1.165, 1.54) is 40.3 Å². The van der Waals surface area contributed by atoms with Crippen LogP contribution in [0.3, 0.4) is 0 Å². The lowest BCUT2D eigenvalue weighted by atomic mass is 10.2. The zero-order chi connectivity index (χ0) is 21.2. The van der Waals surface area contributed by atoms with E-state index in [1.807, 2.05) is 0 Å². The second-order valence-corrected chi connectivity index (χ2v) is 9.08. The Morgan fingerprint density at radius 1 is 1.52 bits per heavy atom. The molecule has 0 N–H and O–H groups in total. The van der Waals surface area contributed by atoms with Crippen molar-refractivity contribution in [1.29, 1.82) is 0 Å². The molecule has 9 heteroatoms. The maximum atomic E-state index is 13.5. The summed E-state index contributed by atoms with van der Waals surface area (Å²) in [6.07, 6.45) is 8.01. The number of hydrogen-bond donors (Lipinski definition) is 0. The molecule has 2 unspecified atom stereocenters. The van der Waals surface area contributed by atoms with Gasteiger partial charge in [-0.05, 0) is 13.0 Å². The molecule has 2 aromatic rings. The highest BCUT2D eigenvalue weighted by Gasteiger charge is 2.56. The predicted molar refractivity (Wildman–Crippen MR) is 111 cm³/mol. The Hall–Kier alpha value is -2.05. The normalized spacial score (nSPS) is 18.1. The Morgan fingerprint density at radius 2 is 2.24 bits per heavy atom. The first kappa shape index (κ1) is 21.7. The standard InChI is InChI=1S/C20H20F3N3OS2/c1-4-5-26(18(27)12(2)10-28-11-15-7-20(15,22)23)19-13(3)25-17(29-19)14-6-16(21)9-24-8-14/h1,6,8-9,12,15H,5,7,10-11H2,2-3H3. The van der Waals surface area contributed by atoms with Gasteiger partial charge in [0.1, 0.15) is 15.8 Å². The van der Waals surface area contributed by atoms with E-state index in [9.17, 15) is 18.0 Å². The molecular weight excluding hydrogens is 419 g/mol. The molecular formula is C20H20F3N3OS2. The van der Waals surface area contributed by atoms with E-state index >= 15 is 0 Å². The van der Waals surface area contributed by atoms with E-state index in [0.29, 0.717) is 32.8 Å². The number of carbonyl (C=O) groups excluding carboxylic acids is 1. The Morgan fingerprint density at radius 3 is 2.86 bits per heavy atom. The largest absolute Gasteiger partial charge is 0.290 e. The van der Waals surface area contributed by atoms with E-state index in [-0.39, 0.29) is 24.8 Å². The van der Waals surface area contributed by atoms with Crippen molar-refractivity contribution in [2.75, 3.05) is 23.0 Å². The molecule has 2 atom stereocenters. The Labute approximate surface area is 175 Å². The lowest BCUT2D eigenvalue weighted by molar-refractivity contribution is -0.121. The number of halogens is 3. The average molecular weight is 440 g/mol. The summed E-state index contributed by atoms with van der Waals surface area (Å²) in [7, 11) is 0. The number of thiazole rings is 1. The molecule has 3 rings (SSSR count). The Bertz CT molecular complexity index is 941. The summed E-state index contributed by atoms with van der Waals surface area (Å²) < 4.78 is 39.5. The highest BCUT2D eigenvalue weighted by atomic mass is 32.2. The van der Waals surface area contributed by atoms with Crippen molar-refractivity contribution in [3.8, 4) is 22.9 Å². The molecule has 1 saturated carbocycles. The topological polar surface area (TPSA) is 46.1 Å². The van der Waals surface area contributed by atoms with E-state index in [4.69, 9.17) is 6.42 Å². The van der Waals surface area contributed by atoms with Crippen LogP contribution >= 0.6 is 23.1 Å². The van der Waals surface area contributed by atoms with Gasteiger partial charge in [0.2, 0.25) is 5.91 Å².